The molecular weight excluding hydrogens is 278 g/mol. The zero-order chi connectivity index (χ0) is 16.8. The summed E-state index contributed by atoms with van der Waals surface area (Å²) in [7, 11) is 0. The molecule has 0 spiro atoms. The zero-order valence-electron chi connectivity index (χ0n) is 14.3. The van der Waals surface area contributed by atoms with E-state index in [0.29, 0.717) is 6.42 Å². The van der Waals surface area contributed by atoms with Crippen LogP contribution >= 0.6 is 0 Å². The Balaban J connectivity index is 2.55. The van der Waals surface area contributed by atoms with Crippen LogP contribution in [-0.2, 0) is 4.74 Å². The molecule has 4 heteroatoms. The van der Waals surface area contributed by atoms with Gasteiger partial charge in [0.15, 0.2) is 0 Å². The van der Waals surface area contributed by atoms with Gasteiger partial charge in [0.1, 0.15) is 5.60 Å². The summed E-state index contributed by atoms with van der Waals surface area (Å²) >= 11 is 0. The van der Waals surface area contributed by atoms with Crippen molar-refractivity contribution >= 4 is 6.09 Å². The van der Waals surface area contributed by atoms with Crippen molar-refractivity contribution in [3.63, 3.8) is 0 Å². The van der Waals surface area contributed by atoms with Gasteiger partial charge in [0.2, 0.25) is 0 Å². The molecule has 0 fully saturated rings. The normalized spacial score (nSPS) is 15.7. The van der Waals surface area contributed by atoms with E-state index in [1.54, 1.807) is 6.92 Å². The Kier molecular flexibility index (Phi) is 6.88. The SMILES string of the molecule is CCC(C[C@H](O)[C@@H](C)NC(=O)OC(C)(C)C)c1ccccc1. The van der Waals surface area contributed by atoms with Crippen molar-refractivity contribution in [1.82, 2.24) is 5.32 Å². The molecule has 0 radical (unpaired) electrons. The van der Waals surface area contributed by atoms with Crippen molar-refractivity contribution in [2.45, 2.75) is 71.1 Å². The van der Waals surface area contributed by atoms with Gasteiger partial charge in [0.25, 0.3) is 0 Å². The Morgan fingerprint density at radius 2 is 1.86 bits per heavy atom. The first kappa shape index (κ1) is 18.5. The Morgan fingerprint density at radius 3 is 2.36 bits per heavy atom. The standard InChI is InChI=1S/C18H29NO3/c1-6-14(15-10-8-7-9-11-15)12-16(20)13(2)19-17(21)22-18(3,4)5/h7-11,13-14,16,20H,6,12H2,1-5H3,(H,19,21)/t13-,14?,16+/m1/s1. The third-order valence-electron chi connectivity index (χ3n) is 3.61. The maximum atomic E-state index is 11.8. The summed E-state index contributed by atoms with van der Waals surface area (Å²) in [6.45, 7) is 9.35. The second-order valence-electron chi connectivity index (χ2n) is 6.75. The highest BCUT2D eigenvalue weighted by Gasteiger charge is 2.23. The molecule has 1 aromatic rings. The zero-order valence-corrected chi connectivity index (χ0v) is 14.3. The summed E-state index contributed by atoms with van der Waals surface area (Å²) in [5.41, 5.74) is 0.679. The Bertz CT molecular complexity index is 453. The lowest BCUT2D eigenvalue weighted by Gasteiger charge is -2.26. The molecule has 1 unspecified atom stereocenters. The summed E-state index contributed by atoms with van der Waals surface area (Å²) in [6.07, 6.45) is 0.446. The number of benzene rings is 1. The summed E-state index contributed by atoms with van der Waals surface area (Å²) in [6, 6.07) is 9.80. The number of amides is 1. The Hall–Kier alpha value is -1.55. The number of carbonyl (C=O) groups excluding carboxylic acids is 1. The van der Waals surface area contributed by atoms with Crippen LogP contribution < -0.4 is 5.32 Å². The Labute approximate surface area is 133 Å². The molecule has 0 bridgehead atoms. The lowest BCUT2D eigenvalue weighted by Crippen LogP contribution is -2.44. The third kappa shape index (κ3) is 6.48. The van der Waals surface area contributed by atoms with Gasteiger partial charge in [-0.25, -0.2) is 4.79 Å². The maximum absolute atomic E-state index is 11.8. The second kappa shape index (κ2) is 8.18. The number of hydrogen-bond donors (Lipinski definition) is 2. The smallest absolute Gasteiger partial charge is 0.407 e. The van der Waals surface area contributed by atoms with Crippen molar-refractivity contribution in [2.75, 3.05) is 0 Å². The highest BCUT2D eigenvalue weighted by Crippen LogP contribution is 2.25. The van der Waals surface area contributed by atoms with Gasteiger partial charge in [-0.05, 0) is 52.0 Å². The number of carbonyl (C=O) groups is 1. The lowest BCUT2D eigenvalue weighted by molar-refractivity contribution is 0.0421. The molecule has 1 amide bonds. The number of hydrogen-bond acceptors (Lipinski definition) is 3. The molecule has 3 atom stereocenters. The number of aliphatic hydroxyl groups excluding tert-OH is 1. The molecule has 22 heavy (non-hydrogen) atoms. The van der Waals surface area contributed by atoms with Crippen LogP contribution in [-0.4, -0.2) is 28.9 Å². The molecule has 4 nitrogen and oxygen atoms in total. The Morgan fingerprint density at radius 1 is 1.27 bits per heavy atom. The highest BCUT2D eigenvalue weighted by atomic mass is 16.6. The molecule has 2 N–H and O–H groups in total. The van der Waals surface area contributed by atoms with E-state index >= 15 is 0 Å². The fraction of sp³-hybridized carbons (Fsp3) is 0.611. The monoisotopic (exact) mass is 307 g/mol. The first-order valence-corrected chi connectivity index (χ1v) is 7.95. The molecule has 1 aromatic carbocycles. The summed E-state index contributed by atoms with van der Waals surface area (Å²) in [4.78, 5) is 11.8. The van der Waals surface area contributed by atoms with Crippen LogP contribution in [0.4, 0.5) is 4.79 Å². The largest absolute Gasteiger partial charge is 0.444 e. The number of alkyl carbamates (subject to hydrolysis) is 1. The van der Waals surface area contributed by atoms with Gasteiger partial charge in [0.05, 0.1) is 12.1 Å². The van der Waals surface area contributed by atoms with E-state index in [1.807, 2.05) is 39.0 Å². The van der Waals surface area contributed by atoms with Crippen molar-refractivity contribution in [2.24, 2.45) is 0 Å². The first-order chi connectivity index (χ1) is 10.2. The van der Waals surface area contributed by atoms with Crippen molar-refractivity contribution < 1.29 is 14.6 Å². The van der Waals surface area contributed by atoms with E-state index in [9.17, 15) is 9.90 Å². The second-order valence-corrected chi connectivity index (χ2v) is 6.75. The summed E-state index contributed by atoms with van der Waals surface area (Å²) in [5.74, 6) is 0.277. The maximum Gasteiger partial charge on any atom is 0.407 e. The average Bonchev–Trinajstić information content (AvgIpc) is 2.43. The van der Waals surface area contributed by atoms with Crippen LogP contribution in [0, 0.1) is 0 Å². The number of ether oxygens (including phenoxy) is 1. The highest BCUT2D eigenvalue weighted by molar-refractivity contribution is 5.68. The molecule has 0 aromatic heterocycles. The molecule has 1 rings (SSSR count). The molecule has 0 aliphatic rings. The number of aliphatic hydroxyl groups is 1. The van der Waals surface area contributed by atoms with Crippen LogP contribution in [0.1, 0.15) is 58.9 Å². The molecular formula is C18H29NO3. The van der Waals surface area contributed by atoms with Crippen LogP contribution in [0.2, 0.25) is 0 Å². The number of nitrogens with one attached hydrogen (secondary N) is 1. The van der Waals surface area contributed by atoms with Crippen molar-refractivity contribution in [3.05, 3.63) is 35.9 Å². The predicted octanol–water partition coefficient (Wildman–Crippen LogP) is 3.84. The predicted molar refractivity (Wildman–Crippen MR) is 88.9 cm³/mol. The topological polar surface area (TPSA) is 58.6 Å². The first-order valence-electron chi connectivity index (χ1n) is 7.95. The van der Waals surface area contributed by atoms with Crippen LogP contribution in [0.3, 0.4) is 0 Å². The molecule has 0 aliphatic heterocycles. The van der Waals surface area contributed by atoms with E-state index in [0.717, 1.165) is 6.42 Å². The third-order valence-corrected chi connectivity index (χ3v) is 3.61. The van der Waals surface area contributed by atoms with Crippen LogP contribution in [0.25, 0.3) is 0 Å². The van der Waals surface area contributed by atoms with Crippen molar-refractivity contribution in [3.8, 4) is 0 Å². The van der Waals surface area contributed by atoms with Gasteiger partial charge in [-0.15, -0.1) is 0 Å². The fourth-order valence-corrected chi connectivity index (χ4v) is 2.35. The van der Waals surface area contributed by atoms with E-state index in [2.05, 4.69) is 24.4 Å². The van der Waals surface area contributed by atoms with Gasteiger partial charge >= 0.3 is 6.09 Å². The van der Waals surface area contributed by atoms with Gasteiger partial charge in [0, 0.05) is 0 Å². The minimum atomic E-state index is -0.613. The minimum absolute atomic E-state index is 0.277. The molecule has 0 heterocycles. The summed E-state index contributed by atoms with van der Waals surface area (Å²) < 4.78 is 5.21. The quantitative estimate of drug-likeness (QED) is 0.839. The average molecular weight is 307 g/mol. The summed E-state index contributed by atoms with van der Waals surface area (Å²) in [5, 5.41) is 13.1. The molecule has 0 aliphatic carbocycles. The van der Waals surface area contributed by atoms with Crippen LogP contribution in [0.15, 0.2) is 30.3 Å². The number of rotatable bonds is 6. The molecule has 124 valence electrons. The molecule has 0 saturated heterocycles. The van der Waals surface area contributed by atoms with Gasteiger partial charge in [-0.2, -0.15) is 0 Å². The van der Waals surface area contributed by atoms with Crippen LogP contribution in [0.5, 0.6) is 0 Å². The van der Waals surface area contributed by atoms with E-state index in [1.165, 1.54) is 5.56 Å². The molecule has 0 saturated carbocycles. The van der Waals surface area contributed by atoms with Gasteiger partial charge in [-0.3, -0.25) is 0 Å². The van der Waals surface area contributed by atoms with Crippen molar-refractivity contribution in [1.29, 1.82) is 0 Å². The fourth-order valence-electron chi connectivity index (χ4n) is 2.35. The van der Waals surface area contributed by atoms with Gasteiger partial charge in [-0.1, -0.05) is 37.3 Å². The van der Waals surface area contributed by atoms with E-state index in [4.69, 9.17) is 4.74 Å². The minimum Gasteiger partial charge on any atom is -0.444 e. The van der Waals surface area contributed by atoms with E-state index in [-0.39, 0.29) is 12.0 Å². The lowest BCUT2D eigenvalue weighted by atomic mass is 9.89. The van der Waals surface area contributed by atoms with Gasteiger partial charge < -0.3 is 15.2 Å². The van der Waals surface area contributed by atoms with E-state index < -0.39 is 17.8 Å².